The number of nitrogens with one attached hydrogen (secondary N) is 2. The molecule has 9 heteroatoms. The Balaban J connectivity index is 2.14. The third-order valence-corrected chi connectivity index (χ3v) is 4.45. The van der Waals surface area contributed by atoms with E-state index in [1.165, 1.54) is 17.8 Å². The standard InChI is InChI=1S/C20H25N3O6/c21-19(26)17(11-13-4-2-1-3-5-13)22-20(27)16(18(25)12-29-23-28)10-14-6-8-15(24)9-7-14/h1-9,16-18,23-25,28H,10-12H2,(H2,21,26)(H,22,27)/t16-,17+,18?/m1/s1. The van der Waals surface area contributed by atoms with Crippen molar-refractivity contribution in [3.63, 3.8) is 0 Å². The van der Waals surface area contributed by atoms with Gasteiger partial charge in [-0.2, -0.15) is 0 Å². The van der Waals surface area contributed by atoms with Gasteiger partial charge in [0.1, 0.15) is 11.8 Å². The normalized spacial score (nSPS) is 14.0. The van der Waals surface area contributed by atoms with Gasteiger partial charge in [-0.1, -0.05) is 48.1 Å². The van der Waals surface area contributed by atoms with Crippen molar-refractivity contribution < 1.29 is 29.8 Å². The number of carbonyl (C=O) groups excluding carboxylic acids is 2. The molecule has 0 aliphatic carbocycles. The molecular weight excluding hydrogens is 378 g/mol. The van der Waals surface area contributed by atoms with E-state index in [0.29, 0.717) is 5.56 Å². The number of aromatic hydroxyl groups is 1. The summed E-state index contributed by atoms with van der Waals surface area (Å²) in [5, 5.41) is 30.9. The maximum Gasteiger partial charge on any atom is 0.240 e. The molecule has 3 atom stereocenters. The lowest BCUT2D eigenvalue weighted by Crippen LogP contribution is -2.50. The monoisotopic (exact) mass is 403 g/mol. The number of phenols is 1. The maximum absolute atomic E-state index is 12.9. The van der Waals surface area contributed by atoms with Gasteiger partial charge in [-0.3, -0.25) is 19.6 Å². The van der Waals surface area contributed by atoms with Crippen LogP contribution in [0, 0.1) is 5.92 Å². The number of amides is 2. The number of hydrogen-bond acceptors (Lipinski definition) is 7. The number of aliphatic hydroxyl groups is 1. The van der Waals surface area contributed by atoms with E-state index >= 15 is 0 Å². The molecule has 0 saturated carbocycles. The first-order valence-electron chi connectivity index (χ1n) is 9.01. The molecule has 0 spiro atoms. The highest BCUT2D eigenvalue weighted by Gasteiger charge is 2.30. The molecule has 2 amide bonds. The first kappa shape index (κ1) is 22.3. The van der Waals surface area contributed by atoms with Crippen LogP contribution in [0.1, 0.15) is 11.1 Å². The second-order valence-electron chi connectivity index (χ2n) is 6.60. The first-order valence-corrected chi connectivity index (χ1v) is 9.01. The first-order chi connectivity index (χ1) is 13.9. The summed E-state index contributed by atoms with van der Waals surface area (Å²) in [4.78, 5) is 29.3. The predicted molar refractivity (Wildman–Crippen MR) is 103 cm³/mol. The zero-order valence-electron chi connectivity index (χ0n) is 15.7. The minimum absolute atomic E-state index is 0.0692. The van der Waals surface area contributed by atoms with Crippen LogP contribution in [0.25, 0.3) is 0 Å². The SMILES string of the molecule is NC(=O)[C@H](Cc1ccccc1)NC(=O)[C@H](Cc1ccc(O)cc1)C(O)CONO. The van der Waals surface area contributed by atoms with Crippen molar-refractivity contribution in [1.29, 1.82) is 0 Å². The van der Waals surface area contributed by atoms with E-state index in [0.717, 1.165) is 5.56 Å². The van der Waals surface area contributed by atoms with E-state index in [2.05, 4.69) is 10.2 Å². The van der Waals surface area contributed by atoms with Gasteiger partial charge < -0.3 is 21.3 Å². The van der Waals surface area contributed by atoms with Crippen molar-refractivity contribution in [1.82, 2.24) is 11.0 Å². The molecule has 156 valence electrons. The van der Waals surface area contributed by atoms with Gasteiger partial charge in [0.05, 0.1) is 18.6 Å². The molecule has 0 radical (unpaired) electrons. The number of aliphatic hydroxyl groups excluding tert-OH is 1. The van der Waals surface area contributed by atoms with E-state index in [9.17, 15) is 19.8 Å². The lowest BCUT2D eigenvalue weighted by molar-refractivity contribution is -0.158. The molecule has 1 unspecified atom stereocenters. The van der Waals surface area contributed by atoms with E-state index in [1.807, 2.05) is 30.3 Å². The molecule has 7 N–H and O–H groups in total. The molecule has 29 heavy (non-hydrogen) atoms. The molecule has 0 aromatic heterocycles. The Labute approximate surface area is 168 Å². The Hall–Kier alpha value is -2.98. The largest absolute Gasteiger partial charge is 0.508 e. The summed E-state index contributed by atoms with van der Waals surface area (Å²) in [6.45, 7) is -0.368. The van der Waals surface area contributed by atoms with Crippen LogP contribution < -0.4 is 16.7 Å². The highest BCUT2D eigenvalue weighted by atomic mass is 16.8. The van der Waals surface area contributed by atoms with E-state index in [1.54, 1.807) is 12.1 Å². The van der Waals surface area contributed by atoms with Crippen LogP contribution in [-0.4, -0.2) is 46.0 Å². The van der Waals surface area contributed by atoms with Crippen molar-refractivity contribution in [3.05, 3.63) is 65.7 Å². The van der Waals surface area contributed by atoms with Gasteiger partial charge in [0.15, 0.2) is 0 Å². The zero-order chi connectivity index (χ0) is 21.2. The quantitative estimate of drug-likeness (QED) is 0.289. The highest BCUT2D eigenvalue weighted by molar-refractivity contribution is 5.88. The average molecular weight is 403 g/mol. The summed E-state index contributed by atoms with van der Waals surface area (Å²) in [5.74, 6) is -2.22. The number of primary amides is 1. The van der Waals surface area contributed by atoms with Gasteiger partial charge >= 0.3 is 0 Å². The van der Waals surface area contributed by atoms with Crippen molar-refractivity contribution in [2.75, 3.05) is 6.61 Å². The molecular formula is C20H25N3O6. The van der Waals surface area contributed by atoms with Crippen molar-refractivity contribution in [2.45, 2.75) is 25.0 Å². The summed E-state index contributed by atoms with van der Waals surface area (Å²) in [6.07, 6.45) is -0.967. The number of carbonyl (C=O) groups is 2. The van der Waals surface area contributed by atoms with Crippen molar-refractivity contribution in [3.8, 4) is 5.75 Å². The molecule has 0 saturated heterocycles. The smallest absolute Gasteiger partial charge is 0.240 e. The molecule has 9 nitrogen and oxygen atoms in total. The lowest BCUT2D eigenvalue weighted by Gasteiger charge is -2.24. The molecule has 0 bridgehead atoms. The molecule has 2 aromatic rings. The fraction of sp³-hybridized carbons (Fsp3) is 0.300. The number of phenolic OH excluding ortho intramolecular Hbond substituents is 1. The zero-order valence-corrected chi connectivity index (χ0v) is 15.7. The Morgan fingerprint density at radius 1 is 1.00 bits per heavy atom. The summed E-state index contributed by atoms with van der Waals surface area (Å²) in [7, 11) is 0. The van der Waals surface area contributed by atoms with Gasteiger partial charge in [-0.25, -0.2) is 0 Å². The molecule has 2 aromatic carbocycles. The number of rotatable bonds is 11. The summed E-state index contributed by atoms with van der Waals surface area (Å²) in [6, 6.07) is 14.3. The van der Waals surface area contributed by atoms with Crippen LogP contribution in [0.4, 0.5) is 0 Å². The highest BCUT2D eigenvalue weighted by Crippen LogP contribution is 2.17. The van der Waals surface area contributed by atoms with Gasteiger partial charge in [-0.05, 0) is 29.7 Å². The van der Waals surface area contributed by atoms with Gasteiger partial charge in [-0.15, -0.1) is 0 Å². The van der Waals surface area contributed by atoms with Gasteiger partial charge in [0.2, 0.25) is 11.8 Å². The molecule has 2 rings (SSSR count). The van der Waals surface area contributed by atoms with E-state index in [4.69, 9.17) is 10.9 Å². The van der Waals surface area contributed by atoms with Crippen LogP contribution in [-0.2, 0) is 27.3 Å². The number of nitrogens with two attached hydrogens (primary N) is 1. The fourth-order valence-electron chi connectivity index (χ4n) is 2.88. The Morgan fingerprint density at radius 3 is 2.21 bits per heavy atom. The minimum Gasteiger partial charge on any atom is -0.508 e. The third-order valence-electron chi connectivity index (χ3n) is 4.45. The molecule has 0 aliphatic rings. The predicted octanol–water partition coefficient (Wildman–Crippen LogP) is 0.0350. The summed E-state index contributed by atoms with van der Waals surface area (Å²) >= 11 is 0. The number of benzene rings is 2. The Morgan fingerprint density at radius 2 is 1.62 bits per heavy atom. The second kappa shape index (κ2) is 11.1. The second-order valence-corrected chi connectivity index (χ2v) is 6.60. The summed E-state index contributed by atoms with van der Waals surface area (Å²) in [5.41, 5.74) is 8.40. The average Bonchev–Trinajstić information content (AvgIpc) is 2.71. The van der Waals surface area contributed by atoms with Crippen molar-refractivity contribution in [2.24, 2.45) is 11.7 Å². The molecule has 0 aliphatic heterocycles. The van der Waals surface area contributed by atoms with Gasteiger partial charge in [0, 0.05) is 6.42 Å². The number of hydrogen-bond donors (Lipinski definition) is 6. The Kier molecular flexibility index (Phi) is 8.56. The topological polar surface area (TPSA) is 154 Å². The van der Waals surface area contributed by atoms with Crippen molar-refractivity contribution >= 4 is 11.8 Å². The van der Waals surface area contributed by atoms with Gasteiger partial charge in [0.25, 0.3) is 0 Å². The van der Waals surface area contributed by atoms with Crippen LogP contribution in [0.5, 0.6) is 5.75 Å². The fourth-order valence-corrected chi connectivity index (χ4v) is 2.88. The van der Waals surface area contributed by atoms with Crippen LogP contribution in [0.15, 0.2) is 54.6 Å². The minimum atomic E-state index is -1.28. The van der Waals surface area contributed by atoms with Crippen LogP contribution >= 0.6 is 0 Å². The van der Waals surface area contributed by atoms with E-state index < -0.39 is 29.9 Å². The lowest BCUT2D eigenvalue weighted by atomic mass is 9.92. The maximum atomic E-state index is 12.9. The van der Waals surface area contributed by atoms with E-state index in [-0.39, 0.29) is 25.2 Å². The van der Waals surface area contributed by atoms with Crippen LogP contribution in [0.2, 0.25) is 0 Å². The Bertz CT molecular complexity index is 785. The summed E-state index contributed by atoms with van der Waals surface area (Å²) < 4.78 is 0. The molecule has 0 heterocycles. The van der Waals surface area contributed by atoms with Crippen LogP contribution in [0.3, 0.4) is 0 Å². The third kappa shape index (κ3) is 7.16. The molecule has 0 fully saturated rings.